The van der Waals surface area contributed by atoms with Crippen molar-refractivity contribution < 1.29 is 13.9 Å². The first-order valence-corrected chi connectivity index (χ1v) is 2.81. The summed E-state index contributed by atoms with van der Waals surface area (Å²) < 4.78 is 16.6. The molecule has 0 aliphatic carbocycles. The van der Waals surface area contributed by atoms with Gasteiger partial charge in [0.1, 0.15) is 0 Å². The molecule has 0 aromatic carbocycles. The number of carbonyl (C=O) groups excluding carboxylic acids is 1. The number of esters is 1. The molecule has 0 spiro atoms. The summed E-state index contributed by atoms with van der Waals surface area (Å²) in [7, 11) is 1.18. The van der Waals surface area contributed by atoms with Crippen LogP contribution in [0, 0.1) is 5.92 Å². The lowest BCUT2D eigenvalue weighted by molar-refractivity contribution is -0.148. The maximum absolute atomic E-state index is 12.4. The predicted octanol–water partition coefficient (Wildman–Crippen LogP) is 1.15. The van der Waals surface area contributed by atoms with Crippen LogP contribution in [0.4, 0.5) is 4.39 Å². The van der Waals surface area contributed by atoms with Gasteiger partial charge in [0, 0.05) is 0 Å². The molecule has 2 nitrogen and oxygen atoms in total. The molecular weight excluding hydrogens is 123 g/mol. The van der Waals surface area contributed by atoms with Gasteiger partial charge in [-0.3, -0.25) is 0 Å². The third-order valence-electron chi connectivity index (χ3n) is 1.01. The van der Waals surface area contributed by atoms with Gasteiger partial charge in [-0.25, -0.2) is 9.18 Å². The van der Waals surface area contributed by atoms with Crippen LogP contribution in [0.2, 0.25) is 0 Å². The van der Waals surface area contributed by atoms with Crippen molar-refractivity contribution in [2.45, 2.75) is 20.0 Å². The van der Waals surface area contributed by atoms with Crippen LogP contribution in [-0.4, -0.2) is 19.3 Å². The van der Waals surface area contributed by atoms with E-state index < -0.39 is 12.1 Å². The first-order chi connectivity index (χ1) is 4.09. The van der Waals surface area contributed by atoms with E-state index in [1.54, 1.807) is 13.8 Å². The van der Waals surface area contributed by atoms with E-state index >= 15 is 0 Å². The van der Waals surface area contributed by atoms with Gasteiger partial charge < -0.3 is 4.74 Å². The normalized spacial score (nSPS) is 13.4. The Balaban J connectivity index is 3.72. The Morgan fingerprint density at radius 2 is 2.00 bits per heavy atom. The van der Waals surface area contributed by atoms with Crippen LogP contribution in [0.25, 0.3) is 0 Å². The second kappa shape index (κ2) is 3.43. The quantitative estimate of drug-likeness (QED) is 0.529. The number of carbonyl (C=O) groups is 1. The topological polar surface area (TPSA) is 26.3 Å². The second-order valence-corrected chi connectivity index (χ2v) is 2.17. The van der Waals surface area contributed by atoms with E-state index in [9.17, 15) is 9.18 Å². The highest BCUT2D eigenvalue weighted by Crippen LogP contribution is 2.06. The number of ether oxygens (including phenoxy) is 1. The minimum atomic E-state index is -1.48. The van der Waals surface area contributed by atoms with Crippen molar-refractivity contribution in [2.24, 2.45) is 5.92 Å². The molecule has 3 heteroatoms. The van der Waals surface area contributed by atoms with Crippen LogP contribution in [0.1, 0.15) is 13.8 Å². The Morgan fingerprint density at radius 1 is 1.56 bits per heavy atom. The van der Waals surface area contributed by atoms with Crippen LogP contribution in [0.3, 0.4) is 0 Å². The molecule has 0 heterocycles. The molecule has 54 valence electrons. The molecule has 0 amide bonds. The molecule has 0 aliphatic rings. The third-order valence-corrected chi connectivity index (χ3v) is 1.01. The monoisotopic (exact) mass is 134 g/mol. The number of halogens is 1. The molecule has 1 atom stereocenters. The summed E-state index contributed by atoms with van der Waals surface area (Å²) in [6.07, 6.45) is -1.48. The zero-order chi connectivity index (χ0) is 7.44. The van der Waals surface area contributed by atoms with Gasteiger partial charge >= 0.3 is 5.97 Å². The van der Waals surface area contributed by atoms with Gasteiger partial charge in [-0.15, -0.1) is 0 Å². The average molecular weight is 134 g/mol. The fourth-order valence-corrected chi connectivity index (χ4v) is 0.385. The molecule has 0 rings (SSSR count). The fourth-order valence-electron chi connectivity index (χ4n) is 0.385. The van der Waals surface area contributed by atoms with E-state index in [0.29, 0.717) is 0 Å². The summed E-state index contributed by atoms with van der Waals surface area (Å²) in [4.78, 5) is 10.4. The third kappa shape index (κ3) is 2.44. The maximum Gasteiger partial charge on any atom is 0.340 e. The zero-order valence-electron chi connectivity index (χ0n) is 5.85. The van der Waals surface area contributed by atoms with E-state index in [0.717, 1.165) is 0 Å². The molecule has 0 saturated carbocycles. The lowest BCUT2D eigenvalue weighted by Gasteiger charge is -2.07. The Kier molecular flexibility index (Phi) is 3.20. The molecule has 0 aromatic rings. The Hall–Kier alpha value is -0.600. The van der Waals surface area contributed by atoms with Crippen molar-refractivity contribution in [3.63, 3.8) is 0 Å². The number of hydrogen-bond donors (Lipinski definition) is 0. The Bertz CT molecular complexity index is 101. The van der Waals surface area contributed by atoms with E-state index in [4.69, 9.17) is 0 Å². The lowest BCUT2D eigenvalue weighted by atomic mass is 10.1. The van der Waals surface area contributed by atoms with Crippen LogP contribution in [0.15, 0.2) is 0 Å². The minimum absolute atomic E-state index is 0.294. The predicted molar refractivity (Wildman–Crippen MR) is 31.7 cm³/mol. The highest BCUT2D eigenvalue weighted by Gasteiger charge is 2.20. The largest absolute Gasteiger partial charge is 0.467 e. The van der Waals surface area contributed by atoms with Gasteiger partial charge in [0.05, 0.1) is 7.11 Å². The SMILES string of the molecule is COC(=O)[C@H](F)C(C)C. The molecule has 0 radical (unpaired) electrons. The van der Waals surface area contributed by atoms with Gasteiger partial charge in [0.15, 0.2) is 6.17 Å². The molecule has 9 heavy (non-hydrogen) atoms. The molecule has 0 aliphatic heterocycles. The maximum atomic E-state index is 12.4. The zero-order valence-corrected chi connectivity index (χ0v) is 5.85. The first kappa shape index (κ1) is 8.40. The van der Waals surface area contributed by atoms with E-state index in [1.807, 2.05) is 0 Å². The summed E-state index contributed by atoms with van der Waals surface area (Å²) in [5, 5.41) is 0. The number of rotatable bonds is 2. The summed E-state index contributed by atoms with van der Waals surface area (Å²) in [6.45, 7) is 3.25. The van der Waals surface area contributed by atoms with E-state index in [2.05, 4.69) is 4.74 Å². The number of methoxy groups -OCH3 is 1. The Morgan fingerprint density at radius 3 is 2.11 bits per heavy atom. The van der Waals surface area contributed by atoms with E-state index in [1.165, 1.54) is 7.11 Å². The van der Waals surface area contributed by atoms with Crippen molar-refractivity contribution in [3.8, 4) is 0 Å². The van der Waals surface area contributed by atoms with Crippen LogP contribution in [-0.2, 0) is 9.53 Å². The molecule has 0 unspecified atom stereocenters. The van der Waals surface area contributed by atoms with Crippen LogP contribution < -0.4 is 0 Å². The van der Waals surface area contributed by atoms with Gasteiger partial charge in [0.2, 0.25) is 0 Å². The van der Waals surface area contributed by atoms with Gasteiger partial charge in [0.25, 0.3) is 0 Å². The van der Waals surface area contributed by atoms with Crippen molar-refractivity contribution in [2.75, 3.05) is 7.11 Å². The summed E-state index contributed by atoms with van der Waals surface area (Å²) in [6, 6.07) is 0. The van der Waals surface area contributed by atoms with Crippen molar-refractivity contribution in [1.82, 2.24) is 0 Å². The van der Waals surface area contributed by atoms with Crippen LogP contribution in [0.5, 0.6) is 0 Å². The lowest BCUT2D eigenvalue weighted by Crippen LogP contribution is -2.22. The molecule has 0 bridgehead atoms. The standard InChI is InChI=1S/C6H11FO2/c1-4(2)5(7)6(8)9-3/h4-5H,1-3H3/t5-/m1/s1. The van der Waals surface area contributed by atoms with Crippen molar-refractivity contribution in [1.29, 1.82) is 0 Å². The summed E-state index contributed by atoms with van der Waals surface area (Å²) in [5.74, 6) is -1.08. The summed E-state index contributed by atoms with van der Waals surface area (Å²) in [5.41, 5.74) is 0. The highest BCUT2D eigenvalue weighted by atomic mass is 19.1. The number of alkyl halides is 1. The Labute approximate surface area is 54.0 Å². The molecule has 0 saturated heterocycles. The van der Waals surface area contributed by atoms with Crippen molar-refractivity contribution in [3.05, 3.63) is 0 Å². The second-order valence-electron chi connectivity index (χ2n) is 2.17. The fraction of sp³-hybridized carbons (Fsp3) is 0.833. The highest BCUT2D eigenvalue weighted by molar-refractivity contribution is 5.74. The van der Waals surface area contributed by atoms with Crippen molar-refractivity contribution >= 4 is 5.97 Å². The molecule has 0 fully saturated rings. The molecule has 0 aromatic heterocycles. The van der Waals surface area contributed by atoms with Gasteiger partial charge in [-0.2, -0.15) is 0 Å². The average Bonchev–Trinajstić information content (AvgIpc) is 1.84. The van der Waals surface area contributed by atoms with Crippen LogP contribution >= 0.6 is 0 Å². The number of hydrogen-bond acceptors (Lipinski definition) is 2. The first-order valence-electron chi connectivity index (χ1n) is 2.81. The van der Waals surface area contributed by atoms with E-state index in [-0.39, 0.29) is 5.92 Å². The minimum Gasteiger partial charge on any atom is -0.467 e. The smallest absolute Gasteiger partial charge is 0.340 e. The summed E-state index contributed by atoms with van der Waals surface area (Å²) >= 11 is 0. The molecular formula is C6H11FO2. The van der Waals surface area contributed by atoms with Gasteiger partial charge in [-0.05, 0) is 5.92 Å². The molecule has 0 N–H and O–H groups in total. The van der Waals surface area contributed by atoms with Gasteiger partial charge in [-0.1, -0.05) is 13.8 Å².